The van der Waals surface area contributed by atoms with Crippen LogP contribution in [0.2, 0.25) is 0 Å². The van der Waals surface area contributed by atoms with E-state index in [1.165, 1.54) is 69.0 Å². The van der Waals surface area contributed by atoms with Crippen LogP contribution >= 0.6 is 0 Å². The van der Waals surface area contributed by atoms with Crippen LogP contribution in [0.5, 0.6) is 0 Å². The number of benzene rings is 1. The summed E-state index contributed by atoms with van der Waals surface area (Å²) in [5, 5.41) is 2.03. The van der Waals surface area contributed by atoms with E-state index in [0.717, 1.165) is 19.6 Å². The molecule has 0 saturated carbocycles. The molecule has 1 aliphatic heterocycles. The highest BCUT2D eigenvalue weighted by Crippen LogP contribution is 2.25. The lowest BCUT2D eigenvalue weighted by molar-refractivity contribution is 0.0250. The summed E-state index contributed by atoms with van der Waals surface area (Å²) in [6.45, 7) is 4.11. The fraction of sp³-hybridized carbons (Fsp3) is 0.565. The van der Waals surface area contributed by atoms with Crippen molar-refractivity contribution in [1.82, 2.24) is 0 Å². The summed E-state index contributed by atoms with van der Waals surface area (Å²) in [5.74, 6) is 0. The highest BCUT2D eigenvalue weighted by atomic mass is 16.7. The second-order valence-electron chi connectivity index (χ2n) is 6.84. The predicted octanol–water partition coefficient (Wildman–Crippen LogP) is 6.62. The molecule has 0 amide bonds. The van der Waals surface area contributed by atoms with Gasteiger partial charge in [-0.2, -0.15) is 0 Å². The lowest BCUT2D eigenvalue weighted by Crippen LogP contribution is -2.39. The SMILES string of the molecule is CCC/C=C/C/C=C/CCCCCCCc1ccccc1N1CCO1. The first-order valence-electron chi connectivity index (χ1n) is 10.2. The van der Waals surface area contributed by atoms with Crippen LogP contribution in [-0.2, 0) is 11.3 Å². The zero-order valence-electron chi connectivity index (χ0n) is 16.0. The summed E-state index contributed by atoms with van der Waals surface area (Å²) in [7, 11) is 0. The van der Waals surface area contributed by atoms with Crippen molar-refractivity contribution in [3.8, 4) is 0 Å². The molecule has 0 spiro atoms. The molecule has 0 N–H and O–H groups in total. The summed E-state index contributed by atoms with van der Waals surface area (Å²) in [4.78, 5) is 5.50. The maximum absolute atomic E-state index is 5.50. The molecule has 1 fully saturated rings. The molecule has 0 radical (unpaired) electrons. The van der Waals surface area contributed by atoms with Crippen molar-refractivity contribution in [2.75, 3.05) is 18.2 Å². The number of nitrogens with zero attached hydrogens (tertiary/aromatic N) is 1. The lowest BCUT2D eigenvalue weighted by atomic mass is 10.0. The van der Waals surface area contributed by atoms with Gasteiger partial charge in [-0.3, -0.25) is 9.90 Å². The van der Waals surface area contributed by atoms with Crippen LogP contribution in [0, 0.1) is 0 Å². The number of hydrogen-bond acceptors (Lipinski definition) is 2. The summed E-state index contributed by atoms with van der Waals surface area (Å²) < 4.78 is 0. The molecule has 0 aliphatic carbocycles. The van der Waals surface area contributed by atoms with E-state index in [2.05, 4.69) is 55.5 Å². The van der Waals surface area contributed by atoms with Crippen LogP contribution in [-0.4, -0.2) is 13.2 Å². The van der Waals surface area contributed by atoms with Crippen molar-refractivity contribution < 1.29 is 4.84 Å². The maximum Gasteiger partial charge on any atom is 0.0949 e. The Morgan fingerprint density at radius 2 is 1.64 bits per heavy atom. The van der Waals surface area contributed by atoms with E-state index in [4.69, 9.17) is 4.84 Å². The smallest absolute Gasteiger partial charge is 0.0949 e. The molecule has 1 aromatic rings. The van der Waals surface area contributed by atoms with Crippen LogP contribution in [0.1, 0.15) is 70.3 Å². The highest BCUT2D eigenvalue weighted by Gasteiger charge is 2.18. The number of hydrogen-bond donors (Lipinski definition) is 0. The molecule has 2 rings (SSSR count). The average Bonchev–Trinajstić information content (AvgIpc) is 2.59. The second-order valence-corrected chi connectivity index (χ2v) is 6.84. The fourth-order valence-electron chi connectivity index (χ4n) is 3.12. The van der Waals surface area contributed by atoms with E-state index >= 15 is 0 Å². The summed E-state index contributed by atoms with van der Waals surface area (Å²) in [6, 6.07) is 8.67. The van der Waals surface area contributed by atoms with Crippen molar-refractivity contribution in [3.63, 3.8) is 0 Å². The molecule has 0 bridgehead atoms. The normalized spacial score (nSPS) is 14.5. The first-order chi connectivity index (χ1) is 12.4. The van der Waals surface area contributed by atoms with Gasteiger partial charge < -0.3 is 0 Å². The van der Waals surface area contributed by atoms with E-state index in [-0.39, 0.29) is 0 Å². The third-order valence-corrected chi connectivity index (χ3v) is 4.68. The monoisotopic (exact) mass is 341 g/mol. The molecular formula is C23H35NO. The first kappa shape index (κ1) is 19.8. The van der Waals surface area contributed by atoms with Crippen molar-refractivity contribution in [2.45, 2.75) is 71.1 Å². The number of anilines is 1. The summed E-state index contributed by atoms with van der Waals surface area (Å²) in [5.41, 5.74) is 2.70. The number of unbranched alkanes of at least 4 members (excludes halogenated alkanes) is 6. The quantitative estimate of drug-likeness (QED) is 0.295. The lowest BCUT2D eigenvalue weighted by Gasteiger charge is -2.33. The molecule has 1 saturated heterocycles. The van der Waals surface area contributed by atoms with Gasteiger partial charge in [-0.1, -0.05) is 75.1 Å². The molecule has 2 nitrogen and oxygen atoms in total. The van der Waals surface area contributed by atoms with Crippen LogP contribution in [0.25, 0.3) is 0 Å². The van der Waals surface area contributed by atoms with Gasteiger partial charge in [0.15, 0.2) is 0 Å². The number of rotatable bonds is 13. The van der Waals surface area contributed by atoms with Crippen molar-refractivity contribution in [2.24, 2.45) is 0 Å². The fourth-order valence-corrected chi connectivity index (χ4v) is 3.12. The Hall–Kier alpha value is -1.54. The minimum atomic E-state index is 0.859. The largest absolute Gasteiger partial charge is 0.271 e. The molecule has 1 heterocycles. The van der Waals surface area contributed by atoms with E-state index in [9.17, 15) is 0 Å². The minimum absolute atomic E-state index is 0.859. The van der Waals surface area contributed by atoms with Gasteiger partial charge in [0.2, 0.25) is 0 Å². The van der Waals surface area contributed by atoms with Gasteiger partial charge in [0.25, 0.3) is 0 Å². The Bertz CT molecular complexity index is 517. The van der Waals surface area contributed by atoms with Gasteiger partial charge in [-0.05, 0) is 50.2 Å². The van der Waals surface area contributed by atoms with Crippen molar-refractivity contribution in [1.29, 1.82) is 0 Å². The Kier molecular flexibility index (Phi) is 10.1. The number of hydroxylamine groups is 1. The number of allylic oxidation sites excluding steroid dienone is 4. The van der Waals surface area contributed by atoms with Crippen LogP contribution in [0.15, 0.2) is 48.6 Å². The minimum Gasteiger partial charge on any atom is -0.271 e. The Labute approximate surface area is 154 Å². The van der Waals surface area contributed by atoms with Crippen LogP contribution in [0.3, 0.4) is 0 Å². The third kappa shape index (κ3) is 7.92. The summed E-state index contributed by atoms with van der Waals surface area (Å²) >= 11 is 0. The topological polar surface area (TPSA) is 12.5 Å². The average molecular weight is 342 g/mol. The number of aryl methyl sites for hydroxylation is 1. The Balaban J connectivity index is 1.48. The van der Waals surface area contributed by atoms with Gasteiger partial charge in [-0.15, -0.1) is 0 Å². The molecule has 2 heteroatoms. The molecule has 0 unspecified atom stereocenters. The van der Waals surface area contributed by atoms with Crippen LogP contribution < -0.4 is 5.06 Å². The Morgan fingerprint density at radius 3 is 2.40 bits per heavy atom. The van der Waals surface area contributed by atoms with Gasteiger partial charge in [0, 0.05) is 0 Å². The Morgan fingerprint density at radius 1 is 0.920 bits per heavy atom. The molecule has 138 valence electrons. The summed E-state index contributed by atoms with van der Waals surface area (Å²) in [6.07, 6.45) is 21.8. The van der Waals surface area contributed by atoms with E-state index < -0.39 is 0 Å². The second kappa shape index (κ2) is 12.8. The van der Waals surface area contributed by atoms with Crippen LogP contribution in [0.4, 0.5) is 5.69 Å². The first-order valence-corrected chi connectivity index (χ1v) is 10.2. The van der Waals surface area contributed by atoms with Gasteiger partial charge in [0.05, 0.1) is 18.8 Å². The maximum atomic E-state index is 5.50. The molecule has 25 heavy (non-hydrogen) atoms. The van der Waals surface area contributed by atoms with Crippen molar-refractivity contribution in [3.05, 3.63) is 54.1 Å². The van der Waals surface area contributed by atoms with Gasteiger partial charge in [-0.25, -0.2) is 0 Å². The van der Waals surface area contributed by atoms with Crippen molar-refractivity contribution >= 4 is 5.69 Å². The van der Waals surface area contributed by atoms with Gasteiger partial charge >= 0.3 is 0 Å². The highest BCUT2D eigenvalue weighted by molar-refractivity contribution is 5.52. The number of para-hydroxylation sites is 1. The molecular weight excluding hydrogens is 306 g/mol. The standard InChI is InChI=1S/C23H35NO/c1-2-3-4-5-6-7-8-9-10-11-12-13-14-17-22-18-15-16-19-23(22)24-20-21-25-24/h4-5,7-8,15-16,18-19H,2-3,6,9-14,17,20-21H2,1H3/b5-4+,8-7+. The zero-order valence-corrected chi connectivity index (χ0v) is 16.0. The predicted molar refractivity (Wildman–Crippen MR) is 109 cm³/mol. The van der Waals surface area contributed by atoms with E-state index in [1.807, 2.05) is 5.06 Å². The molecule has 1 aromatic carbocycles. The molecule has 0 aromatic heterocycles. The molecule has 1 aliphatic rings. The zero-order chi connectivity index (χ0) is 17.6. The van der Waals surface area contributed by atoms with Gasteiger partial charge in [0.1, 0.15) is 0 Å². The van der Waals surface area contributed by atoms with E-state index in [0.29, 0.717) is 0 Å². The third-order valence-electron chi connectivity index (χ3n) is 4.68. The molecule has 0 atom stereocenters. The van der Waals surface area contributed by atoms with E-state index in [1.54, 1.807) is 0 Å².